The lowest BCUT2D eigenvalue weighted by Gasteiger charge is -2.11. The molecule has 4 heteroatoms. The maximum atomic E-state index is 13.3. The van der Waals surface area contributed by atoms with E-state index in [1.165, 1.54) is 12.1 Å². The molecule has 2 rings (SSSR count). The van der Waals surface area contributed by atoms with Crippen molar-refractivity contribution in [1.82, 2.24) is 0 Å². The molecule has 0 saturated heterocycles. The van der Waals surface area contributed by atoms with Crippen molar-refractivity contribution < 1.29 is 9.13 Å². The van der Waals surface area contributed by atoms with E-state index in [4.69, 9.17) is 15.7 Å². The van der Waals surface area contributed by atoms with Gasteiger partial charge in [0.15, 0.2) is 0 Å². The zero-order valence-corrected chi connectivity index (χ0v) is 11.5. The first-order chi connectivity index (χ1) is 10.1. The Bertz CT molecular complexity index is 704. The van der Waals surface area contributed by atoms with Crippen LogP contribution in [0.5, 0.6) is 5.75 Å². The van der Waals surface area contributed by atoms with E-state index >= 15 is 0 Å². The first kappa shape index (κ1) is 14.6. The topological polar surface area (TPSA) is 59.0 Å². The average Bonchev–Trinajstić information content (AvgIpc) is 2.48. The molecule has 0 amide bonds. The van der Waals surface area contributed by atoms with E-state index in [-0.39, 0.29) is 12.2 Å². The highest BCUT2D eigenvalue weighted by Gasteiger charge is 2.06. The molecule has 21 heavy (non-hydrogen) atoms. The molecule has 2 aromatic carbocycles. The first-order valence-corrected chi connectivity index (χ1v) is 6.44. The zero-order chi connectivity index (χ0) is 15.2. The second kappa shape index (κ2) is 6.58. The fourth-order valence-corrected chi connectivity index (χ4v) is 1.96. The van der Waals surface area contributed by atoms with Crippen LogP contribution in [-0.4, -0.2) is 0 Å². The highest BCUT2D eigenvalue weighted by Crippen LogP contribution is 2.23. The number of rotatable bonds is 5. The Balaban J connectivity index is 2.16. The summed E-state index contributed by atoms with van der Waals surface area (Å²) in [5.74, 6) is 0.174. The first-order valence-electron chi connectivity index (χ1n) is 6.44. The van der Waals surface area contributed by atoms with Gasteiger partial charge >= 0.3 is 0 Å². The Kier molecular flexibility index (Phi) is 4.57. The minimum absolute atomic E-state index is 0.0136. The highest BCUT2D eigenvalue weighted by molar-refractivity contribution is 5.48. The number of ether oxygens (including phenoxy) is 1. The summed E-state index contributed by atoms with van der Waals surface area (Å²) < 4.78 is 19.0. The van der Waals surface area contributed by atoms with E-state index in [1.807, 2.05) is 12.1 Å². The summed E-state index contributed by atoms with van der Waals surface area (Å²) in [4.78, 5) is 0. The van der Waals surface area contributed by atoms with Crippen LogP contribution in [0.25, 0.3) is 0 Å². The summed E-state index contributed by atoms with van der Waals surface area (Å²) >= 11 is 0. The Morgan fingerprint density at radius 1 is 1.29 bits per heavy atom. The van der Waals surface area contributed by atoms with Crippen molar-refractivity contribution in [2.45, 2.75) is 13.0 Å². The summed E-state index contributed by atoms with van der Waals surface area (Å²) in [6.45, 7) is 3.96. The van der Waals surface area contributed by atoms with Crippen LogP contribution in [0.4, 0.5) is 10.1 Å². The van der Waals surface area contributed by atoms with Gasteiger partial charge in [-0.2, -0.15) is 5.26 Å². The lowest BCUT2D eigenvalue weighted by Crippen LogP contribution is -2.00. The molecular formula is C17H15FN2O. The van der Waals surface area contributed by atoms with Gasteiger partial charge in [-0.25, -0.2) is 4.39 Å². The van der Waals surface area contributed by atoms with E-state index < -0.39 is 5.82 Å². The molecule has 0 saturated carbocycles. The molecule has 0 aliphatic heterocycles. The molecule has 0 aliphatic carbocycles. The quantitative estimate of drug-likeness (QED) is 0.673. The third kappa shape index (κ3) is 3.61. The molecule has 0 radical (unpaired) electrons. The highest BCUT2D eigenvalue weighted by atomic mass is 19.1. The fourth-order valence-electron chi connectivity index (χ4n) is 1.96. The number of nitrogens with two attached hydrogens (primary N) is 1. The molecule has 3 nitrogen and oxygen atoms in total. The second-order valence-corrected chi connectivity index (χ2v) is 4.57. The molecule has 0 heterocycles. The Morgan fingerprint density at radius 2 is 2.10 bits per heavy atom. The van der Waals surface area contributed by atoms with Crippen LogP contribution in [0.3, 0.4) is 0 Å². The maximum Gasteiger partial charge on any atom is 0.140 e. The van der Waals surface area contributed by atoms with Gasteiger partial charge in [0, 0.05) is 5.69 Å². The monoisotopic (exact) mass is 282 g/mol. The maximum absolute atomic E-state index is 13.3. The summed E-state index contributed by atoms with van der Waals surface area (Å²) in [5.41, 5.74) is 8.09. The largest absolute Gasteiger partial charge is 0.489 e. The minimum Gasteiger partial charge on any atom is -0.489 e. The van der Waals surface area contributed by atoms with Gasteiger partial charge < -0.3 is 10.5 Å². The number of hydrogen-bond acceptors (Lipinski definition) is 3. The molecule has 0 bridgehead atoms. The molecular weight excluding hydrogens is 267 g/mol. The Labute approximate surface area is 123 Å². The van der Waals surface area contributed by atoms with E-state index in [0.29, 0.717) is 17.9 Å². The van der Waals surface area contributed by atoms with Gasteiger partial charge in [0.25, 0.3) is 0 Å². The van der Waals surface area contributed by atoms with E-state index in [0.717, 1.165) is 11.1 Å². The summed E-state index contributed by atoms with van der Waals surface area (Å²) in [6, 6.07) is 11.6. The van der Waals surface area contributed by atoms with Crippen molar-refractivity contribution in [1.29, 1.82) is 5.26 Å². The van der Waals surface area contributed by atoms with Crippen molar-refractivity contribution in [3.05, 3.63) is 71.6 Å². The van der Waals surface area contributed by atoms with E-state index in [2.05, 4.69) is 6.58 Å². The lowest BCUT2D eigenvalue weighted by atomic mass is 10.1. The fraction of sp³-hybridized carbons (Fsp3) is 0.118. The van der Waals surface area contributed by atoms with Crippen molar-refractivity contribution >= 4 is 5.69 Å². The number of anilines is 1. The van der Waals surface area contributed by atoms with E-state index in [9.17, 15) is 4.39 Å². The predicted molar refractivity (Wildman–Crippen MR) is 80.2 cm³/mol. The second-order valence-electron chi connectivity index (χ2n) is 4.57. The number of allylic oxidation sites excluding steroid dienone is 1. The van der Waals surface area contributed by atoms with Crippen LogP contribution in [0, 0.1) is 17.1 Å². The molecule has 0 aromatic heterocycles. The molecule has 2 N–H and O–H groups in total. The van der Waals surface area contributed by atoms with Gasteiger partial charge in [0.05, 0.1) is 5.56 Å². The number of nitrogen functional groups attached to an aromatic ring is 1. The van der Waals surface area contributed by atoms with Gasteiger partial charge in [-0.1, -0.05) is 12.1 Å². The van der Waals surface area contributed by atoms with Gasteiger partial charge in [0.1, 0.15) is 24.2 Å². The summed E-state index contributed by atoms with van der Waals surface area (Å²) in [6.07, 6.45) is 2.42. The van der Waals surface area contributed by atoms with Crippen LogP contribution in [0.2, 0.25) is 0 Å². The number of nitriles is 1. The smallest absolute Gasteiger partial charge is 0.140 e. The third-order valence-electron chi connectivity index (χ3n) is 2.99. The van der Waals surface area contributed by atoms with Crippen LogP contribution < -0.4 is 10.5 Å². The van der Waals surface area contributed by atoms with E-state index in [1.54, 1.807) is 24.3 Å². The normalized spacial score (nSPS) is 9.90. The van der Waals surface area contributed by atoms with Gasteiger partial charge in [-0.15, -0.1) is 6.58 Å². The van der Waals surface area contributed by atoms with Crippen molar-refractivity contribution in [3.63, 3.8) is 0 Å². The molecule has 0 aliphatic rings. The van der Waals surface area contributed by atoms with Crippen LogP contribution in [0.1, 0.15) is 16.7 Å². The standard InChI is InChI=1S/C17H15FN2O/c1-2-3-13-9-15(20)5-7-17(13)21-11-12-4-6-16(18)14(8-12)10-19/h2,4-9H,1,3,11,20H2. The predicted octanol–water partition coefficient (Wildman–Crippen LogP) is 3.59. The van der Waals surface area contributed by atoms with Gasteiger partial charge in [-0.05, 0) is 47.9 Å². The van der Waals surface area contributed by atoms with Crippen molar-refractivity contribution in [2.75, 3.05) is 5.73 Å². The van der Waals surface area contributed by atoms with Gasteiger partial charge in [-0.3, -0.25) is 0 Å². The molecule has 0 unspecified atom stereocenters. The minimum atomic E-state index is -0.527. The molecule has 0 spiro atoms. The van der Waals surface area contributed by atoms with Crippen molar-refractivity contribution in [2.24, 2.45) is 0 Å². The molecule has 0 fully saturated rings. The lowest BCUT2D eigenvalue weighted by molar-refractivity contribution is 0.303. The summed E-state index contributed by atoms with van der Waals surface area (Å²) in [5, 5.41) is 8.82. The molecule has 106 valence electrons. The summed E-state index contributed by atoms with van der Waals surface area (Å²) in [7, 11) is 0. The number of nitrogens with zero attached hydrogens (tertiary/aromatic N) is 1. The van der Waals surface area contributed by atoms with Crippen molar-refractivity contribution in [3.8, 4) is 11.8 Å². The average molecular weight is 282 g/mol. The SMILES string of the molecule is C=CCc1cc(N)ccc1OCc1ccc(F)c(C#N)c1. The number of hydrogen-bond donors (Lipinski definition) is 1. The Morgan fingerprint density at radius 3 is 2.81 bits per heavy atom. The van der Waals surface area contributed by atoms with Crippen LogP contribution >= 0.6 is 0 Å². The Hall–Kier alpha value is -2.80. The number of benzene rings is 2. The number of halogens is 1. The molecule has 2 aromatic rings. The van der Waals surface area contributed by atoms with Gasteiger partial charge in [0.2, 0.25) is 0 Å². The third-order valence-corrected chi connectivity index (χ3v) is 2.99. The zero-order valence-electron chi connectivity index (χ0n) is 11.5. The van der Waals surface area contributed by atoms with Crippen LogP contribution in [-0.2, 0) is 13.0 Å². The van der Waals surface area contributed by atoms with Crippen LogP contribution in [0.15, 0.2) is 49.1 Å². The molecule has 0 atom stereocenters.